The van der Waals surface area contributed by atoms with Crippen LogP contribution in [0.15, 0.2) is 18.5 Å². The molecule has 0 aliphatic heterocycles. The molecule has 0 saturated heterocycles. The molecule has 4 nitrogen and oxygen atoms in total. The lowest BCUT2D eigenvalue weighted by molar-refractivity contribution is 0.0544. The lowest BCUT2D eigenvalue weighted by atomic mass is 9.81. The molecular formula is C10H14BF3NO3-. The first-order valence-corrected chi connectivity index (χ1v) is 5.38. The number of nitrogens with zero attached hydrogens (tertiary/aromatic N) is 1. The van der Waals surface area contributed by atoms with Gasteiger partial charge in [-0.25, -0.2) is 0 Å². The largest absolute Gasteiger partial charge is 0.511 e. The predicted octanol–water partition coefficient (Wildman–Crippen LogP) is 1.18. The third-order valence-corrected chi connectivity index (χ3v) is 2.04. The van der Waals surface area contributed by atoms with Gasteiger partial charge < -0.3 is 27.2 Å². The summed E-state index contributed by atoms with van der Waals surface area (Å²) in [5.41, 5.74) is -0.771. The molecule has 0 saturated carbocycles. The van der Waals surface area contributed by atoms with E-state index in [1.54, 1.807) is 7.11 Å². The second-order valence-electron chi connectivity index (χ2n) is 3.48. The minimum atomic E-state index is -5.05. The Balaban J connectivity index is 2.34. The zero-order valence-electron chi connectivity index (χ0n) is 9.94. The van der Waals surface area contributed by atoms with E-state index in [9.17, 15) is 12.9 Å². The van der Waals surface area contributed by atoms with Gasteiger partial charge in [0.1, 0.15) is 12.4 Å². The van der Waals surface area contributed by atoms with E-state index < -0.39 is 12.4 Å². The zero-order valence-corrected chi connectivity index (χ0v) is 9.94. The molecule has 0 amide bonds. The van der Waals surface area contributed by atoms with Crippen LogP contribution >= 0.6 is 0 Å². The number of pyridine rings is 1. The van der Waals surface area contributed by atoms with Crippen molar-refractivity contribution in [2.45, 2.75) is 0 Å². The van der Waals surface area contributed by atoms with Crippen molar-refractivity contribution in [1.82, 2.24) is 4.98 Å². The van der Waals surface area contributed by atoms with E-state index in [0.717, 1.165) is 12.3 Å². The standard InChI is InChI=1S/C10H14BF3NO3/c1-16-2-3-17-4-5-18-10-6-9(7-15-8-10)11(12,13)14/h6-8H,2-5H2,1H3/q-1. The van der Waals surface area contributed by atoms with Crippen LogP contribution in [0.2, 0.25) is 0 Å². The molecule has 0 aromatic carbocycles. The van der Waals surface area contributed by atoms with Gasteiger partial charge in [-0.05, 0) is 6.07 Å². The summed E-state index contributed by atoms with van der Waals surface area (Å²) in [4.78, 5) is 3.49. The number of methoxy groups -OCH3 is 1. The number of halogens is 3. The summed E-state index contributed by atoms with van der Waals surface area (Å²) in [6.07, 6.45) is 2.02. The molecule has 0 N–H and O–H groups in total. The van der Waals surface area contributed by atoms with Gasteiger partial charge in [-0.3, -0.25) is 4.98 Å². The zero-order chi connectivity index (χ0) is 13.4. The summed E-state index contributed by atoms with van der Waals surface area (Å²) in [6.45, 7) is -3.71. The Bertz CT molecular complexity index is 362. The van der Waals surface area contributed by atoms with Gasteiger partial charge in [-0.2, -0.15) is 0 Å². The summed E-state index contributed by atoms with van der Waals surface area (Å²) in [6, 6.07) is 0.933. The fraction of sp³-hybridized carbons (Fsp3) is 0.500. The van der Waals surface area contributed by atoms with Gasteiger partial charge in [0.15, 0.2) is 0 Å². The monoisotopic (exact) mass is 264 g/mol. The maximum Gasteiger partial charge on any atom is 0.511 e. The van der Waals surface area contributed by atoms with Crippen molar-refractivity contribution in [3.63, 3.8) is 0 Å². The first kappa shape index (κ1) is 14.8. The molecule has 0 atom stereocenters. The third kappa shape index (κ3) is 5.37. The van der Waals surface area contributed by atoms with Gasteiger partial charge in [-0.1, -0.05) is 5.46 Å². The topological polar surface area (TPSA) is 40.6 Å². The van der Waals surface area contributed by atoms with Gasteiger partial charge in [-0.15, -0.1) is 0 Å². The van der Waals surface area contributed by atoms with Gasteiger partial charge in [0.2, 0.25) is 0 Å². The SMILES string of the molecule is COCCOCCOc1cncc([B-](F)(F)F)c1. The summed E-state index contributed by atoms with van der Waals surface area (Å²) in [5.74, 6) is 0.0852. The molecule has 0 radical (unpaired) electrons. The summed E-state index contributed by atoms with van der Waals surface area (Å²) < 4.78 is 52.2. The van der Waals surface area contributed by atoms with Crippen molar-refractivity contribution < 1.29 is 27.2 Å². The van der Waals surface area contributed by atoms with E-state index in [1.807, 2.05) is 0 Å². The highest BCUT2D eigenvalue weighted by molar-refractivity contribution is 6.73. The lowest BCUT2D eigenvalue weighted by Crippen LogP contribution is -2.34. The molecule has 18 heavy (non-hydrogen) atoms. The van der Waals surface area contributed by atoms with Gasteiger partial charge in [0.25, 0.3) is 0 Å². The number of hydrogen-bond donors (Lipinski definition) is 0. The van der Waals surface area contributed by atoms with Crippen LogP contribution in [-0.2, 0) is 9.47 Å². The Labute approximate surface area is 103 Å². The van der Waals surface area contributed by atoms with Crippen LogP contribution in [0, 0.1) is 0 Å². The van der Waals surface area contributed by atoms with Crippen molar-refractivity contribution in [2.75, 3.05) is 33.5 Å². The van der Waals surface area contributed by atoms with E-state index >= 15 is 0 Å². The van der Waals surface area contributed by atoms with E-state index in [0.29, 0.717) is 13.2 Å². The second-order valence-corrected chi connectivity index (χ2v) is 3.48. The fourth-order valence-corrected chi connectivity index (χ4v) is 1.16. The Morgan fingerprint density at radius 2 is 1.83 bits per heavy atom. The molecule has 1 rings (SSSR count). The molecule has 0 aliphatic rings. The molecule has 1 aromatic heterocycles. The lowest BCUT2D eigenvalue weighted by Gasteiger charge is -2.15. The van der Waals surface area contributed by atoms with Crippen LogP contribution in [-0.4, -0.2) is 45.5 Å². The van der Waals surface area contributed by atoms with Crippen molar-refractivity contribution >= 4 is 12.4 Å². The van der Waals surface area contributed by atoms with Crippen LogP contribution in [0.4, 0.5) is 12.9 Å². The first-order chi connectivity index (χ1) is 8.54. The molecule has 0 bridgehead atoms. The Kier molecular flexibility index (Phi) is 5.93. The normalized spacial score (nSPS) is 11.6. The first-order valence-electron chi connectivity index (χ1n) is 5.38. The van der Waals surface area contributed by atoms with E-state index in [-0.39, 0.29) is 19.0 Å². The highest BCUT2D eigenvalue weighted by Crippen LogP contribution is 2.12. The Morgan fingerprint density at radius 1 is 1.11 bits per heavy atom. The molecular weight excluding hydrogens is 250 g/mol. The number of aromatic nitrogens is 1. The van der Waals surface area contributed by atoms with Crippen LogP contribution in [0.25, 0.3) is 0 Å². The van der Waals surface area contributed by atoms with Crippen molar-refractivity contribution in [2.24, 2.45) is 0 Å². The summed E-state index contributed by atoms with van der Waals surface area (Å²) in [5, 5.41) is 0. The van der Waals surface area contributed by atoms with Crippen molar-refractivity contribution in [1.29, 1.82) is 0 Å². The summed E-state index contributed by atoms with van der Waals surface area (Å²) >= 11 is 0. The maximum atomic E-state index is 12.4. The van der Waals surface area contributed by atoms with E-state index in [1.165, 1.54) is 6.20 Å². The highest BCUT2D eigenvalue weighted by atomic mass is 19.4. The third-order valence-electron chi connectivity index (χ3n) is 2.04. The average molecular weight is 264 g/mol. The van der Waals surface area contributed by atoms with Crippen molar-refractivity contribution in [3.8, 4) is 5.75 Å². The molecule has 102 valence electrons. The fourth-order valence-electron chi connectivity index (χ4n) is 1.16. The summed E-state index contributed by atoms with van der Waals surface area (Å²) in [7, 11) is 1.55. The number of rotatable bonds is 8. The van der Waals surface area contributed by atoms with E-state index in [2.05, 4.69) is 4.98 Å². The van der Waals surface area contributed by atoms with Crippen LogP contribution in [0.1, 0.15) is 0 Å². The number of ether oxygens (including phenoxy) is 3. The van der Waals surface area contributed by atoms with Gasteiger partial charge in [0.05, 0.1) is 26.0 Å². The van der Waals surface area contributed by atoms with Crippen LogP contribution in [0.5, 0.6) is 5.75 Å². The Morgan fingerprint density at radius 3 is 2.50 bits per heavy atom. The predicted molar refractivity (Wildman–Crippen MR) is 61.1 cm³/mol. The van der Waals surface area contributed by atoms with Gasteiger partial charge >= 0.3 is 6.98 Å². The van der Waals surface area contributed by atoms with Gasteiger partial charge in [0, 0.05) is 13.3 Å². The molecule has 1 aromatic rings. The second kappa shape index (κ2) is 7.22. The molecule has 0 spiro atoms. The number of hydrogen-bond acceptors (Lipinski definition) is 4. The smallest absolute Gasteiger partial charge is 0.490 e. The maximum absolute atomic E-state index is 12.4. The Hall–Kier alpha value is -1.28. The highest BCUT2D eigenvalue weighted by Gasteiger charge is 2.26. The molecule has 0 aliphatic carbocycles. The molecule has 8 heteroatoms. The molecule has 1 heterocycles. The minimum absolute atomic E-state index is 0.0852. The van der Waals surface area contributed by atoms with Crippen LogP contribution in [0.3, 0.4) is 0 Å². The average Bonchev–Trinajstić information content (AvgIpc) is 2.33. The minimum Gasteiger partial charge on any atom is -0.490 e. The molecule has 0 fully saturated rings. The van der Waals surface area contributed by atoms with Crippen LogP contribution < -0.4 is 10.2 Å². The van der Waals surface area contributed by atoms with E-state index in [4.69, 9.17) is 14.2 Å². The van der Waals surface area contributed by atoms with Crippen molar-refractivity contribution in [3.05, 3.63) is 18.5 Å². The quantitative estimate of drug-likeness (QED) is 0.522. The molecule has 0 unspecified atom stereocenters.